The zero-order valence-electron chi connectivity index (χ0n) is 10.4. The Labute approximate surface area is 102 Å². The first-order valence-electron chi connectivity index (χ1n) is 6.53. The standard InChI is InChI=1S/C13H21N3O/c1-2-11(9-17)15-13-14-8-7-12(16-13)10-5-3-4-6-10/h7-8,10-11,17H,2-6,9H2,1H3,(H,14,15,16)/t11-/m1/s1. The Morgan fingerprint density at radius 2 is 2.24 bits per heavy atom. The van der Waals surface area contributed by atoms with E-state index >= 15 is 0 Å². The van der Waals surface area contributed by atoms with E-state index in [0.717, 1.165) is 12.1 Å². The number of anilines is 1. The number of nitrogens with zero attached hydrogens (tertiary/aromatic N) is 2. The van der Waals surface area contributed by atoms with E-state index < -0.39 is 0 Å². The maximum Gasteiger partial charge on any atom is 0.223 e. The van der Waals surface area contributed by atoms with Crippen LogP contribution in [0.3, 0.4) is 0 Å². The first-order chi connectivity index (χ1) is 8.33. The van der Waals surface area contributed by atoms with Gasteiger partial charge in [0.2, 0.25) is 5.95 Å². The van der Waals surface area contributed by atoms with Gasteiger partial charge in [-0.05, 0) is 25.3 Å². The molecule has 0 radical (unpaired) electrons. The lowest BCUT2D eigenvalue weighted by atomic mass is 10.0. The van der Waals surface area contributed by atoms with Crippen LogP contribution in [0.25, 0.3) is 0 Å². The highest BCUT2D eigenvalue weighted by molar-refractivity contribution is 5.28. The molecule has 1 aromatic heterocycles. The maximum atomic E-state index is 9.15. The Balaban J connectivity index is 2.05. The molecule has 4 heteroatoms. The number of aliphatic hydroxyl groups is 1. The van der Waals surface area contributed by atoms with Crippen LogP contribution in [0.5, 0.6) is 0 Å². The van der Waals surface area contributed by atoms with Crippen LogP contribution >= 0.6 is 0 Å². The number of rotatable bonds is 5. The summed E-state index contributed by atoms with van der Waals surface area (Å²) in [6.07, 6.45) is 7.79. The van der Waals surface area contributed by atoms with Crippen molar-refractivity contribution in [1.29, 1.82) is 0 Å². The molecule has 0 aromatic carbocycles. The summed E-state index contributed by atoms with van der Waals surface area (Å²) in [6, 6.07) is 2.06. The fraction of sp³-hybridized carbons (Fsp3) is 0.692. The van der Waals surface area contributed by atoms with Crippen LogP contribution in [0.4, 0.5) is 5.95 Å². The molecule has 1 atom stereocenters. The van der Waals surface area contributed by atoms with Gasteiger partial charge < -0.3 is 10.4 Å². The summed E-state index contributed by atoms with van der Waals surface area (Å²) in [4.78, 5) is 8.77. The Morgan fingerprint density at radius 3 is 2.88 bits per heavy atom. The molecule has 2 N–H and O–H groups in total. The Morgan fingerprint density at radius 1 is 1.47 bits per heavy atom. The van der Waals surface area contributed by atoms with Gasteiger partial charge in [-0.1, -0.05) is 19.8 Å². The van der Waals surface area contributed by atoms with Crippen molar-refractivity contribution < 1.29 is 5.11 Å². The van der Waals surface area contributed by atoms with E-state index in [9.17, 15) is 0 Å². The molecule has 0 amide bonds. The monoisotopic (exact) mass is 235 g/mol. The molecule has 1 fully saturated rings. The highest BCUT2D eigenvalue weighted by Gasteiger charge is 2.19. The second-order valence-electron chi connectivity index (χ2n) is 4.72. The molecule has 0 saturated heterocycles. The van der Waals surface area contributed by atoms with E-state index in [1.165, 1.54) is 25.7 Å². The van der Waals surface area contributed by atoms with Gasteiger partial charge in [-0.2, -0.15) is 0 Å². The van der Waals surface area contributed by atoms with E-state index in [2.05, 4.69) is 15.3 Å². The third-order valence-corrected chi connectivity index (χ3v) is 3.50. The van der Waals surface area contributed by atoms with Gasteiger partial charge in [0.1, 0.15) is 0 Å². The molecule has 0 bridgehead atoms. The first-order valence-corrected chi connectivity index (χ1v) is 6.53. The molecular weight excluding hydrogens is 214 g/mol. The zero-order valence-corrected chi connectivity index (χ0v) is 10.4. The minimum atomic E-state index is 0.0498. The van der Waals surface area contributed by atoms with Gasteiger partial charge in [0, 0.05) is 17.8 Å². The van der Waals surface area contributed by atoms with E-state index in [1.54, 1.807) is 0 Å². The van der Waals surface area contributed by atoms with Crippen molar-refractivity contribution in [2.24, 2.45) is 0 Å². The fourth-order valence-corrected chi connectivity index (χ4v) is 2.35. The van der Waals surface area contributed by atoms with Crippen LogP contribution in [-0.4, -0.2) is 27.7 Å². The molecule has 0 spiro atoms. The second-order valence-corrected chi connectivity index (χ2v) is 4.72. The summed E-state index contributed by atoms with van der Waals surface area (Å²) in [5.41, 5.74) is 1.15. The molecule has 1 aliphatic rings. The largest absolute Gasteiger partial charge is 0.394 e. The van der Waals surface area contributed by atoms with Crippen molar-refractivity contribution in [3.05, 3.63) is 18.0 Å². The molecule has 0 aliphatic heterocycles. The predicted octanol–water partition coefficient (Wildman–Crippen LogP) is 2.32. The molecule has 2 rings (SSSR count). The van der Waals surface area contributed by atoms with Crippen LogP contribution in [0.1, 0.15) is 50.6 Å². The number of aliphatic hydroxyl groups excluding tert-OH is 1. The van der Waals surface area contributed by atoms with Crippen molar-refractivity contribution >= 4 is 5.95 Å². The zero-order chi connectivity index (χ0) is 12.1. The quantitative estimate of drug-likeness (QED) is 0.822. The third-order valence-electron chi connectivity index (χ3n) is 3.50. The van der Waals surface area contributed by atoms with Gasteiger partial charge in [-0.3, -0.25) is 0 Å². The lowest BCUT2D eigenvalue weighted by Crippen LogP contribution is -2.24. The number of nitrogens with one attached hydrogen (secondary N) is 1. The highest BCUT2D eigenvalue weighted by atomic mass is 16.3. The van der Waals surface area contributed by atoms with E-state index in [0.29, 0.717) is 11.9 Å². The Bertz CT molecular complexity index is 346. The van der Waals surface area contributed by atoms with Gasteiger partial charge in [0.05, 0.1) is 12.6 Å². The number of hydrogen-bond donors (Lipinski definition) is 2. The van der Waals surface area contributed by atoms with Gasteiger partial charge in [-0.25, -0.2) is 9.97 Å². The lowest BCUT2D eigenvalue weighted by molar-refractivity contribution is 0.271. The van der Waals surface area contributed by atoms with Crippen molar-refractivity contribution in [2.75, 3.05) is 11.9 Å². The maximum absolute atomic E-state index is 9.15. The van der Waals surface area contributed by atoms with Gasteiger partial charge in [0.25, 0.3) is 0 Å². The van der Waals surface area contributed by atoms with Crippen LogP contribution < -0.4 is 5.32 Å². The SMILES string of the molecule is CC[C@H](CO)Nc1nccc(C2CCCC2)n1. The van der Waals surface area contributed by atoms with E-state index in [1.807, 2.05) is 19.2 Å². The molecule has 4 nitrogen and oxygen atoms in total. The van der Waals surface area contributed by atoms with Crippen molar-refractivity contribution in [2.45, 2.75) is 51.0 Å². The molecule has 0 unspecified atom stereocenters. The van der Waals surface area contributed by atoms with Gasteiger partial charge >= 0.3 is 0 Å². The summed E-state index contributed by atoms with van der Waals surface area (Å²) >= 11 is 0. The third kappa shape index (κ3) is 3.16. The van der Waals surface area contributed by atoms with E-state index in [-0.39, 0.29) is 12.6 Å². The minimum Gasteiger partial charge on any atom is -0.394 e. The summed E-state index contributed by atoms with van der Waals surface area (Å²) in [7, 11) is 0. The van der Waals surface area contributed by atoms with Crippen molar-refractivity contribution in [3.63, 3.8) is 0 Å². The smallest absolute Gasteiger partial charge is 0.223 e. The van der Waals surface area contributed by atoms with Crippen LogP contribution in [0.15, 0.2) is 12.3 Å². The Hall–Kier alpha value is -1.16. The topological polar surface area (TPSA) is 58.0 Å². The summed E-state index contributed by atoms with van der Waals surface area (Å²) in [5.74, 6) is 1.25. The average Bonchev–Trinajstić information content (AvgIpc) is 2.90. The average molecular weight is 235 g/mol. The summed E-state index contributed by atoms with van der Waals surface area (Å²) in [6.45, 7) is 2.15. The molecule has 17 heavy (non-hydrogen) atoms. The molecule has 1 saturated carbocycles. The number of aromatic nitrogens is 2. The predicted molar refractivity (Wildman–Crippen MR) is 68.0 cm³/mol. The number of hydrogen-bond acceptors (Lipinski definition) is 4. The summed E-state index contributed by atoms with van der Waals surface area (Å²) < 4.78 is 0. The minimum absolute atomic E-state index is 0.0498. The van der Waals surface area contributed by atoms with Crippen molar-refractivity contribution in [3.8, 4) is 0 Å². The van der Waals surface area contributed by atoms with E-state index in [4.69, 9.17) is 5.11 Å². The molecule has 1 heterocycles. The van der Waals surface area contributed by atoms with Crippen LogP contribution in [0, 0.1) is 0 Å². The van der Waals surface area contributed by atoms with Gasteiger partial charge in [-0.15, -0.1) is 0 Å². The second kappa shape index (κ2) is 5.96. The first kappa shape index (κ1) is 12.3. The molecule has 1 aromatic rings. The summed E-state index contributed by atoms with van der Waals surface area (Å²) in [5, 5.41) is 12.3. The normalized spacial score (nSPS) is 18.2. The lowest BCUT2D eigenvalue weighted by Gasteiger charge is -2.15. The van der Waals surface area contributed by atoms with Crippen LogP contribution in [-0.2, 0) is 0 Å². The molecule has 1 aliphatic carbocycles. The van der Waals surface area contributed by atoms with Gasteiger partial charge in [0.15, 0.2) is 0 Å². The molecule has 94 valence electrons. The highest BCUT2D eigenvalue weighted by Crippen LogP contribution is 2.32. The Kier molecular flexibility index (Phi) is 4.31. The van der Waals surface area contributed by atoms with Crippen LogP contribution in [0.2, 0.25) is 0 Å². The molecular formula is C13H21N3O. The van der Waals surface area contributed by atoms with Crippen molar-refractivity contribution in [1.82, 2.24) is 9.97 Å². The fourth-order valence-electron chi connectivity index (χ4n) is 2.35.